The van der Waals surface area contributed by atoms with Crippen LogP contribution in [0.25, 0.3) is 0 Å². The lowest BCUT2D eigenvalue weighted by atomic mass is 9.91. The van der Waals surface area contributed by atoms with E-state index in [9.17, 15) is 19.1 Å². The zero-order chi connectivity index (χ0) is 48.7. The number of benzene rings is 4. The molecule has 1 amide bonds. The van der Waals surface area contributed by atoms with Crippen molar-refractivity contribution in [3.63, 3.8) is 0 Å². The first kappa shape index (κ1) is 45.7. The van der Waals surface area contributed by atoms with Gasteiger partial charge in [-0.2, -0.15) is 9.97 Å². The molecule has 12 rings (SSSR count). The average Bonchev–Trinajstić information content (AvgIpc) is 4.28. The third kappa shape index (κ3) is 8.90. The summed E-state index contributed by atoms with van der Waals surface area (Å²) in [7, 11) is 4.27. The Morgan fingerprint density at radius 3 is 1.97 bits per heavy atom. The Hall–Kier alpha value is -6.43. The van der Waals surface area contributed by atoms with E-state index in [4.69, 9.17) is 38.0 Å². The van der Waals surface area contributed by atoms with Gasteiger partial charge in [0, 0.05) is 62.0 Å². The number of carboxylic acid groups (broad SMARTS) is 1. The molecule has 4 aliphatic heterocycles. The second-order valence-corrected chi connectivity index (χ2v) is 20.8. The lowest BCUT2D eigenvalue weighted by molar-refractivity contribution is -0.138. The standard InChI is InChI=1S/C53H52Cl2FN11O4/c1-64-13-11-35-29(23-64)15-33(19-39(35)28-7-8-28)59-52-57-21-44(54)48(61-52)66-25-42(37-5-3-4-6-46(37)66)50(68)63-71-27-31-17-38(31)40-20-34(16-30-24-65(2)14-12-36(30)40)60-53-58-22-45(55)49(62-53)67-26-43(51(69)70)41-18-32(56)9-10-47(41)67/h3-6,9-10,15-16,18-22,28,31,38,42-43H,7-8,11-14,17,23-27H2,1-2H3,(H,63,68)(H,69,70)(H,57,59,61)(H,58,60,62). The highest BCUT2D eigenvalue weighted by Gasteiger charge is 2.42. The van der Waals surface area contributed by atoms with Crippen LogP contribution in [-0.4, -0.2) is 93.6 Å². The second kappa shape index (κ2) is 18.3. The number of carboxylic acids is 1. The van der Waals surface area contributed by atoms with Gasteiger partial charge in [0.15, 0.2) is 11.6 Å². The first-order valence-corrected chi connectivity index (χ1v) is 25.0. The molecule has 0 saturated heterocycles. The summed E-state index contributed by atoms with van der Waals surface area (Å²) in [5.74, 6) is -0.713. The maximum absolute atomic E-state index is 14.2. The third-order valence-electron chi connectivity index (χ3n) is 15.0. The Labute approximate surface area is 420 Å². The molecule has 364 valence electrons. The van der Waals surface area contributed by atoms with Crippen LogP contribution in [0.2, 0.25) is 10.0 Å². The SMILES string of the molecule is CN1CCc2c(cc(Nc3ncc(Cl)c(N4CC(C(=O)NOCC5CC5c5cc(Nc6ncc(Cl)c(N7CC(C(=O)O)c8cc(F)ccc87)n6)cc6c5CCN(C)C6)c5ccccc54)n3)cc2C2CC2)C1. The molecule has 2 saturated carbocycles. The first-order chi connectivity index (χ1) is 34.4. The summed E-state index contributed by atoms with van der Waals surface area (Å²) in [5, 5.41) is 17.5. The molecular formula is C53H52Cl2FN11O4. The van der Waals surface area contributed by atoms with Gasteiger partial charge in [0.2, 0.25) is 11.9 Å². The molecule has 4 aromatic carbocycles. The average molecular weight is 997 g/mol. The van der Waals surface area contributed by atoms with Crippen molar-refractivity contribution in [1.82, 2.24) is 35.2 Å². The maximum Gasteiger partial charge on any atom is 0.312 e. The summed E-state index contributed by atoms with van der Waals surface area (Å²) in [6.45, 7) is 4.40. The van der Waals surface area contributed by atoms with E-state index in [1.165, 1.54) is 64.6 Å². The number of anilines is 8. The predicted octanol–water partition coefficient (Wildman–Crippen LogP) is 9.46. The van der Waals surface area contributed by atoms with Crippen LogP contribution >= 0.6 is 23.2 Å². The minimum Gasteiger partial charge on any atom is -0.481 e. The van der Waals surface area contributed by atoms with Crippen molar-refractivity contribution in [2.45, 2.75) is 68.9 Å². The zero-order valence-corrected chi connectivity index (χ0v) is 40.8. The van der Waals surface area contributed by atoms with E-state index in [2.05, 4.69) is 74.2 Å². The Kier molecular flexibility index (Phi) is 11.8. The first-order valence-electron chi connectivity index (χ1n) is 24.3. The highest BCUT2D eigenvalue weighted by atomic mass is 35.5. The molecular weight excluding hydrogens is 945 g/mol. The van der Waals surface area contributed by atoms with Crippen LogP contribution in [0.3, 0.4) is 0 Å². The summed E-state index contributed by atoms with van der Waals surface area (Å²) >= 11 is 13.5. The van der Waals surface area contributed by atoms with Gasteiger partial charge in [0.05, 0.1) is 24.9 Å². The third-order valence-corrected chi connectivity index (χ3v) is 15.5. The van der Waals surface area contributed by atoms with E-state index in [-0.39, 0.29) is 35.3 Å². The summed E-state index contributed by atoms with van der Waals surface area (Å²) in [5.41, 5.74) is 15.2. The van der Waals surface area contributed by atoms with E-state index < -0.39 is 23.6 Å². The molecule has 4 N–H and O–H groups in total. The number of amides is 1. The van der Waals surface area contributed by atoms with Crippen molar-refractivity contribution in [1.29, 1.82) is 0 Å². The number of carbonyl (C=O) groups is 2. The number of aromatic nitrogens is 4. The minimum atomic E-state index is -1.06. The molecule has 6 aromatic rings. The molecule has 0 spiro atoms. The van der Waals surface area contributed by atoms with Crippen molar-refractivity contribution in [2.75, 3.05) is 67.3 Å². The number of para-hydroxylation sites is 1. The van der Waals surface area contributed by atoms with E-state index in [0.29, 0.717) is 52.9 Å². The van der Waals surface area contributed by atoms with Crippen LogP contribution in [0.4, 0.5) is 50.7 Å². The predicted molar refractivity (Wildman–Crippen MR) is 270 cm³/mol. The summed E-state index contributed by atoms with van der Waals surface area (Å²) in [6, 6.07) is 20.7. The van der Waals surface area contributed by atoms with Crippen LogP contribution in [-0.2, 0) is 40.4 Å². The summed E-state index contributed by atoms with van der Waals surface area (Å²) < 4.78 is 14.2. The number of rotatable bonds is 13. The number of nitrogens with zero attached hydrogens (tertiary/aromatic N) is 8. The smallest absolute Gasteiger partial charge is 0.312 e. The molecule has 4 atom stereocenters. The van der Waals surface area contributed by atoms with Gasteiger partial charge in [-0.1, -0.05) is 41.4 Å². The van der Waals surface area contributed by atoms with Crippen molar-refractivity contribution < 1.29 is 23.9 Å². The lowest BCUT2D eigenvalue weighted by Gasteiger charge is -2.28. The van der Waals surface area contributed by atoms with Gasteiger partial charge in [-0.05, 0) is 157 Å². The Balaban J connectivity index is 0.722. The number of halogens is 3. The quantitative estimate of drug-likeness (QED) is 0.0809. The molecule has 15 nitrogen and oxygen atoms in total. The molecule has 2 fully saturated rings. The van der Waals surface area contributed by atoms with Crippen LogP contribution in [0.1, 0.15) is 87.4 Å². The van der Waals surface area contributed by atoms with E-state index in [0.717, 1.165) is 68.1 Å². The highest BCUT2D eigenvalue weighted by molar-refractivity contribution is 6.33. The van der Waals surface area contributed by atoms with Gasteiger partial charge >= 0.3 is 5.97 Å². The molecule has 71 heavy (non-hydrogen) atoms. The second-order valence-electron chi connectivity index (χ2n) is 19.9. The fourth-order valence-corrected chi connectivity index (χ4v) is 11.6. The summed E-state index contributed by atoms with van der Waals surface area (Å²) in [4.78, 5) is 59.4. The molecule has 18 heteroatoms. The van der Waals surface area contributed by atoms with Gasteiger partial charge in [-0.25, -0.2) is 19.8 Å². The van der Waals surface area contributed by atoms with Crippen molar-refractivity contribution in [3.05, 3.63) is 139 Å². The van der Waals surface area contributed by atoms with Crippen LogP contribution < -0.4 is 25.9 Å². The van der Waals surface area contributed by atoms with Crippen molar-refractivity contribution >= 4 is 81.4 Å². The minimum absolute atomic E-state index is 0.0459. The zero-order valence-electron chi connectivity index (χ0n) is 39.3. The summed E-state index contributed by atoms with van der Waals surface area (Å²) in [6.07, 6.45) is 8.43. The molecule has 6 heterocycles. The number of hydrogen-bond donors (Lipinski definition) is 4. The number of hydroxylamine groups is 1. The number of hydrogen-bond acceptors (Lipinski definition) is 13. The Morgan fingerprint density at radius 1 is 0.746 bits per heavy atom. The van der Waals surface area contributed by atoms with Gasteiger partial charge in [0.1, 0.15) is 21.8 Å². The molecule has 6 aliphatic rings. The molecule has 0 bridgehead atoms. The van der Waals surface area contributed by atoms with E-state index in [1.54, 1.807) is 17.2 Å². The lowest BCUT2D eigenvalue weighted by Crippen LogP contribution is -2.32. The number of fused-ring (bicyclic) bond motifs is 4. The molecule has 2 aliphatic carbocycles. The van der Waals surface area contributed by atoms with Crippen LogP contribution in [0.15, 0.2) is 79.1 Å². The molecule has 0 radical (unpaired) electrons. The Bertz CT molecular complexity index is 3140. The van der Waals surface area contributed by atoms with E-state index >= 15 is 0 Å². The molecule has 4 unspecified atom stereocenters. The van der Waals surface area contributed by atoms with Crippen LogP contribution in [0, 0.1) is 11.7 Å². The maximum atomic E-state index is 14.2. The fourth-order valence-electron chi connectivity index (χ4n) is 11.2. The largest absolute Gasteiger partial charge is 0.481 e. The highest BCUT2D eigenvalue weighted by Crippen LogP contribution is 2.51. The number of likely N-dealkylation sites (N-methyl/N-ethyl adjacent to an activating group) is 2. The van der Waals surface area contributed by atoms with Gasteiger partial charge in [0.25, 0.3) is 5.91 Å². The number of aliphatic carboxylic acids is 1. The van der Waals surface area contributed by atoms with Crippen molar-refractivity contribution in [2.24, 2.45) is 5.92 Å². The van der Waals surface area contributed by atoms with Crippen LogP contribution in [0.5, 0.6) is 0 Å². The van der Waals surface area contributed by atoms with Gasteiger partial charge in [-0.3, -0.25) is 14.4 Å². The number of carbonyl (C=O) groups excluding carboxylic acids is 1. The van der Waals surface area contributed by atoms with Gasteiger partial charge in [-0.15, -0.1) is 0 Å². The fraction of sp³-hybridized carbons (Fsp3) is 0.358. The number of nitrogens with one attached hydrogen (secondary N) is 3. The Morgan fingerprint density at radius 2 is 1.34 bits per heavy atom. The monoisotopic (exact) mass is 995 g/mol. The van der Waals surface area contributed by atoms with E-state index in [1.807, 2.05) is 29.2 Å². The van der Waals surface area contributed by atoms with Gasteiger partial charge < -0.3 is 35.3 Å². The van der Waals surface area contributed by atoms with Crippen molar-refractivity contribution in [3.8, 4) is 0 Å². The molecule has 2 aromatic heterocycles. The topological polar surface area (TPSA) is 164 Å². The normalized spacial score (nSPS) is 21.3.